The molecule has 0 saturated carbocycles. The fourth-order valence-corrected chi connectivity index (χ4v) is 3.29. The highest BCUT2D eigenvalue weighted by molar-refractivity contribution is 6.34. The first-order chi connectivity index (χ1) is 15.1. The van der Waals surface area contributed by atoms with Gasteiger partial charge in [-0.2, -0.15) is 13.2 Å². The van der Waals surface area contributed by atoms with Gasteiger partial charge in [-0.3, -0.25) is 10.2 Å². The van der Waals surface area contributed by atoms with Crippen LogP contribution in [-0.4, -0.2) is 24.7 Å². The van der Waals surface area contributed by atoms with E-state index in [1.807, 2.05) is 0 Å². The number of alkyl halides is 3. The number of carbonyl (C=O) groups is 2. The van der Waals surface area contributed by atoms with Gasteiger partial charge in [0.15, 0.2) is 0 Å². The van der Waals surface area contributed by atoms with Gasteiger partial charge in [-0.25, -0.2) is 4.79 Å². The molecule has 3 aromatic carbocycles. The fraction of sp³-hybridized carbons (Fsp3) is 0.0870. The van der Waals surface area contributed by atoms with E-state index in [-0.39, 0.29) is 22.0 Å². The largest absolute Gasteiger partial charge is 0.465 e. The first-order valence-electron chi connectivity index (χ1n) is 9.17. The van der Waals surface area contributed by atoms with Crippen molar-refractivity contribution in [2.45, 2.75) is 6.18 Å². The van der Waals surface area contributed by atoms with Gasteiger partial charge in [0.2, 0.25) is 0 Å². The number of anilines is 1. The summed E-state index contributed by atoms with van der Waals surface area (Å²) >= 11 is 5.91. The quantitative estimate of drug-likeness (QED) is 0.372. The van der Waals surface area contributed by atoms with Crippen LogP contribution in [0.5, 0.6) is 0 Å². The van der Waals surface area contributed by atoms with Crippen LogP contribution in [0.3, 0.4) is 0 Å². The van der Waals surface area contributed by atoms with Crippen LogP contribution >= 0.6 is 11.6 Å². The molecule has 0 radical (unpaired) electrons. The molecule has 9 heteroatoms. The summed E-state index contributed by atoms with van der Waals surface area (Å²) in [5.74, 6) is -1.58. The number of nitrogens with one attached hydrogen (secondary N) is 2. The van der Waals surface area contributed by atoms with Crippen molar-refractivity contribution in [3.05, 3.63) is 99.6 Å². The number of benzene rings is 3. The zero-order chi connectivity index (χ0) is 23.5. The SMILES string of the molecule is COC(=O)c1ccc(C(=N)c2ccccc2NC(=O)c2c(Cl)cccc2C(F)(F)F)cc1. The van der Waals surface area contributed by atoms with Crippen molar-refractivity contribution in [1.29, 1.82) is 5.41 Å². The van der Waals surface area contributed by atoms with Gasteiger partial charge < -0.3 is 10.1 Å². The number of hydrogen-bond donors (Lipinski definition) is 2. The molecule has 0 unspecified atom stereocenters. The number of ether oxygens (including phenoxy) is 1. The van der Waals surface area contributed by atoms with E-state index in [0.29, 0.717) is 11.1 Å². The van der Waals surface area contributed by atoms with Crippen LogP contribution in [0.4, 0.5) is 18.9 Å². The second-order valence-electron chi connectivity index (χ2n) is 6.60. The van der Waals surface area contributed by atoms with Crippen LogP contribution in [0.15, 0.2) is 66.7 Å². The van der Waals surface area contributed by atoms with Gasteiger partial charge >= 0.3 is 12.1 Å². The van der Waals surface area contributed by atoms with Gasteiger partial charge in [-0.1, -0.05) is 48.0 Å². The lowest BCUT2D eigenvalue weighted by Gasteiger charge is -2.16. The molecule has 2 N–H and O–H groups in total. The molecular formula is C23H16ClF3N2O3. The topological polar surface area (TPSA) is 79.2 Å². The van der Waals surface area contributed by atoms with E-state index < -0.39 is 29.2 Å². The number of carbonyl (C=O) groups excluding carboxylic acids is 2. The summed E-state index contributed by atoms with van der Waals surface area (Å²) in [6.45, 7) is 0. The number of amides is 1. The molecule has 0 fully saturated rings. The zero-order valence-electron chi connectivity index (χ0n) is 16.6. The van der Waals surface area contributed by atoms with Crippen molar-refractivity contribution in [1.82, 2.24) is 0 Å². The summed E-state index contributed by atoms with van der Waals surface area (Å²) in [5, 5.41) is 10.6. The van der Waals surface area contributed by atoms with E-state index in [0.717, 1.165) is 12.1 Å². The highest BCUT2D eigenvalue weighted by Gasteiger charge is 2.36. The van der Waals surface area contributed by atoms with E-state index in [1.165, 1.54) is 43.5 Å². The molecule has 1 amide bonds. The maximum Gasteiger partial charge on any atom is 0.417 e. The number of methoxy groups -OCH3 is 1. The van der Waals surface area contributed by atoms with Crippen molar-refractivity contribution in [3.8, 4) is 0 Å². The number of halogens is 4. The third kappa shape index (κ3) is 4.81. The van der Waals surface area contributed by atoms with Crippen LogP contribution < -0.4 is 5.32 Å². The van der Waals surface area contributed by atoms with E-state index >= 15 is 0 Å². The van der Waals surface area contributed by atoms with Gasteiger partial charge in [0, 0.05) is 11.1 Å². The smallest absolute Gasteiger partial charge is 0.417 e. The van der Waals surface area contributed by atoms with Crippen LogP contribution in [-0.2, 0) is 10.9 Å². The van der Waals surface area contributed by atoms with Crippen molar-refractivity contribution >= 4 is 34.9 Å². The highest BCUT2D eigenvalue weighted by Crippen LogP contribution is 2.35. The lowest BCUT2D eigenvalue weighted by molar-refractivity contribution is -0.137. The minimum atomic E-state index is -4.77. The second-order valence-corrected chi connectivity index (χ2v) is 7.01. The number of para-hydroxylation sites is 1. The number of hydrogen-bond acceptors (Lipinski definition) is 4. The fourth-order valence-electron chi connectivity index (χ4n) is 3.03. The zero-order valence-corrected chi connectivity index (χ0v) is 17.3. The molecule has 32 heavy (non-hydrogen) atoms. The number of esters is 1. The summed E-state index contributed by atoms with van der Waals surface area (Å²) in [5.41, 5.74) is -0.747. The van der Waals surface area contributed by atoms with E-state index in [4.69, 9.17) is 17.0 Å². The summed E-state index contributed by atoms with van der Waals surface area (Å²) < 4.78 is 44.7. The Hall–Kier alpha value is -3.65. The Kier molecular flexibility index (Phi) is 6.64. The Balaban J connectivity index is 1.94. The van der Waals surface area contributed by atoms with Gasteiger partial charge in [-0.05, 0) is 30.3 Å². The van der Waals surface area contributed by atoms with Gasteiger partial charge in [0.05, 0.1) is 40.2 Å². The third-order valence-corrected chi connectivity index (χ3v) is 4.90. The Morgan fingerprint density at radius 1 is 0.938 bits per heavy atom. The predicted octanol–water partition coefficient (Wildman–Crippen LogP) is 5.81. The summed E-state index contributed by atoms with van der Waals surface area (Å²) in [6.07, 6.45) is -4.77. The Morgan fingerprint density at radius 2 is 1.56 bits per heavy atom. The molecule has 164 valence electrons. The molecule has 0 aliphatic rings. The van der Waals surface area contributed by atoms with E-state index in [2.05, 4.69) is 10.1 Å². The summed E-state index contributed by atoms with van der Waals surface area (Å²) in [6, 6.07) is 15.3. The maximum atomic E-state index is 13.4. The van der Waals surface area contributed by atoms with Crippen molar-refractivity contribution in [2.24, 2.45) is 0 Å². The minimum absolute atomic E-state index is 0.00693. The molecule has 0 atom stereocenters. The van der Waals surface area contributed by atoms with Crippen molar-refractivity contribution < 1.29 is 27.5 Å². The highest BCUT2D eigenvalue weighted by atomic mass is 35.5. The van der Waals surface area contributed by atoms with E-state index in [9.17, 15) is 22.8 Å². The molecule has 0 aliphatic carbocycles. The first kappa shape index (κ1) is 23.0. The average Bonchev–Trinajstić information content (AvgIpc) is 2.77. The standard InChI is InChI=1S/C23H16ClF3N2O3/c1-32-22(31)14-11-9-13(10-12-14)20(28)15-5-2-3-8-18(15)29-21(30)19-16(23(25,26)27)6-4-7-17(19)24/h2-12,28H,1H3,(H,29,30). The average molecular weight is 461 g/mol. The normalized spacial score (nSPS) is 11.0. The predicted molar refractivity (Wildman–Crippen MR) is 115 cm³/mol. The van der Waals surface area contributed by atoms with E-state index in [1.54, 1.807) is 18.2 Å². The summed E-state index contributed by atoms with van der Waals surface area (Å²) in [7, 11) is 1.25. The Morgan fingerprint density at radius 3 is 2.19 bits per heavy atom. The monoisotopic (exact) mass is 460 g/mol. The molecule has 3 rings (SSSR count). The molecule has 0 heterocycles. The third-order valence-electron chi connectivity index (χ3n) is 4.59. The molecule has 0 aliphatic heterocycles. The van der Waals surface area contributed by atoms with Gasteiger partial charge in [-0.15, -0.1) is 0 Å². The van der Waals surface area contributed by atoms with Crippen LogP contribution in [0, 0.1) is 5.41 Å². The molecule has 3 aromatic rings. The molecule has 5 nitrogen and oxygen atoms in total. The van der Waals surface area contributed by atoms with Crippen LogP contribution in [0.25, 0.3) is 0 Å². The minimum Gasteiger partial charge on any atom is -0.465 e. The Bertz CT molecular complexity index is 1190. The van der Waals surface area contributed by atoms with Crippen LogP contribution in [0.2, 0.25) is 5.02 Å². The molecular weight excluding hydrogens is 445 g/mol. The Labute approximate surface area is 186 Å². The molecule has 0 aromatic heterocycles. The molecule has 0 saturated heterocycles. The first-order valence-corrected chi connectivity index (χ1v) is 9.55. The second kappa shape index (κ2) is 9.23. The van der Waals surface area contributed by atoms with Crippen molar-refractivity contribution in [2.75, 3.05) is 12.4 Å². The molecule has 0 spiro atoms. The van der Waals surface area contributed by atoms with Crippen molar-refractivity contribution in [3.63, 3.8) is 0 Å². The van der Waals surface area contributed by atoms with Gasteiger partial charge in [0.25, 0.3) is 5.91 Å². The summed E-state index contributed by atoms with van der Waals surface area (Å²) in [4.78, 5) is 24.3. The molecule has 0 bridgehead atoms. The lowest BCUT2D eigenvalue weighted by atomic mass is 9.99. The van der Waals surface area contributed by atoms with Crippen LogP contribution in [0.1, 0.15) is 37.4 Å². The maximum absolute atomic E-state index is 13.4. The van der Waals surface area contributed by atoms with Gasteiger partial charge in [0.1, 0.15) is 0 Å². The number of rotatable bonds is 5. The lowest BCUT2D eigenvalue weighted by Crippen LogP contribution is -2.20.